The third-order valence-electron chi connectivity index (χ3n) is 6.00. The summed E-state index contributed by atoms with van der Waals surface area (Å²) < 4.78 is 0. The zero-order valence-electron chi connectivity index (χ0n) is 11.6. The number of benzene rings is 1. The Kier molecular flexibility index (Phi) is 2.36. The van der Waals surface area contributed by atoms with E-state index in [1.165, 1.54) is 4.90 Å². The minimum absolute atomic E-state index is 0.0950. The maximum atomic E-state index is 12.9. The molecular formula is C17H13Cl2NO2. The van der Waals surface area contributed by atoms with Crippen LogP contribution in [0.25, 0.3) is 0 Å². The number of carbonyl (C=O) groups excluding carboxylic acids is 2. The van der Waals surface area contributed by atoms with Crippen molar-refractivity contribution in [1.29, 1.82) is 0 Å². The summed E-state index contributed by atoms with van der Waals surface area (Å²) in [6, 6.07) is 4.89. The molecule has 0 aromatic heterocycles. The Balaban J connectivity index is 1.59. The molecule has 1 spiro atoms. The Morgan fingerprint density at radius 3 is 2.09 bits per heavy atom. The summed E-state index contributed by atoms with van der Waals surface area (Å²) in [5, 5.41) is 0.835. The summed E-state index contributed by atoms with van der Waals surface area (Å²) in [7, 11) is 0. The van der Waals surface area contributed by atoms with Crippen LogP contribution in [0, 0.1) is 29.1 Å². The van der Waals surface area contributed by atoms with Gasteiger partial charge in [0.1, 0.15) is 0 Å². The lowest BCUT2D eigenvalue weighted by atomic mass is 9.85. The van der Waals surface area contributed by atoms with Crippen molar-refractivity contribution < 1.29 is 9.59 Å². The van der Waals surface area contributed by atoms with Gasteiger partial charge in [0.25, 0.3) is 0 Å². The number of amides is 2. The highest BCUT2D eigenvalue weighted by atomic mass is 35.5. The Morgan fingerprint density at radius 1 is 1.00 bits per heavy atom. The van der Waals surface area contributed by atoms with E-state index in [0.717, 1.165) is 12.8 Å². The standard InChI is InChI=1S/C17H13Cl2NO2/c18-8-1-4-12(11(19)7-8)20-15(21)13-9-2-3-10(14(13)16(20)22)17(9)5-6-17/h1-4,7,9-10,13-14H,5-6H2/t9-,10+,13+,14-. The van der Waals surface area contributed by atoms with Crippen LogP contribution in [0.1, 0.15) is 12.8 Å². The number of imide groups is 1. The molecular weight excluding hydrogens is 321 g/mol. The molecule has 2 saturated carbocycles. The minimum atomic E-state index is -0.197. The molecule has 22 heavy (non-hydrogen) atoms. The molecule has 3 fully saturated rings. The molecule has 112 valence electrons. The number of hydrogen-bond donors (Lipinski definition) is 0. The number of halogens is 2. The van der Waals surface area contributed by atoms with Crippen LogP contribution in [-0.2, 0) is 9.59 Å². The van der Waals surface area contributed by atoms with Crippen LogP contribution in [0.2, 0.25) is 10.0 Å². The third kappa shape index (κ3) is 1.35. The summed E-state index contributed by atoms with van der Waals surface area (Å²) in [5.74, 6) is -0.122. The van der Waals surface area contributed by atoms with Crippen molar-refractivity contribution in [3.63, 3.8) is 0 Å². The molecule has 3 aliphatic carbocycles. The van der Waals surface area contributed by atoms with Crippen molar-refractivity contribution in [3.8, 4) is 0 Å². The van der Waals surface area contributed by atoms with Gasteiger partial charge in [0.2, 0.25) is 11.8 Å². The Hall–Kier alpha value is -1.32. The van der Waals surface area contributed by atoms with Crippen molar-refractivity contribution in [3.05, 3.63) is 40.4 Å². The quantitative estimate of drug-likeness (QED) is 0.580. The Labute approximate surface area is 137 Å². The van der Waals surface area contributed by atoms with Gasteiger partial charge < -0.3 is 0 Å². The molecule has 2 amide bonds. The lowest BCUT2D eigenvalue weighted by molar-refractivity contribution is -0.123. The lowest BCUT2D eigenvalue weighted by Crippen LogP contribution is -2.34. The van der Waals surface area contributed by atoms with Gasteiger partial charge in [-0.2, -0.15) is 0 Å². The summed E-state index contributed by atoms with van der Waals surface area (Å²) in [5.41, 5.74) is 0.677. The predicted molar refractivity (Wildman–Crippen MR) is 83.7 cm³/mol. The van der Waals surface area contributed by atoms with Crippen LogP contribution in [0.15, 0.2) is 30.4 Å². The number of hydrogen-bond acceptors (Lipinski definition) is 2. The molecule has 1 aliphatic heterocycles. The first-order valence-corrected chi connectivity index (χ1v) is 8.31. The second-order valence-electron chi connectivity index (χ2n) is 6.83. The highest BCUT2D eigenvalue weighted by Crippen LogP contribution is 2.73. The second-order valence-corrected chi connectivity index (χ2v) is 7.67. The summed E-state index contributed by atoms with van der Waals surface area (Å²) >= 11 is 12.1. The van der Waals surface area contributed by atoms with Crippen LogP contribution < -0.4 is 4.90 Å². The number of nitrogens with zero attached hydrogens (tertiary/aromatic N) is 1. The van der Waals surface area contributed by atoms with Gasteiger partial charge in [0.15, 0.2) is 0 Å². The van der Waals surface area contributed by atoms with Gasteiger partial charge in [0.05, 0.1) is 22.5 Å². The van der Waals surface area contributed by atoms with Crippen molar-refractivity contribution in [2.45, 2.75) is 12.8 Å². The van der Waals surface area contributed by atoms with E-state index >= 15 is 0 Å². The smallest absolute Gasteiger partial charge is 0.238 e. The molecule has 1 saturated heterocycles. The summed E-state index contributed by atoms with van der Waals surface area (Å²) in [6.45, 7) is 0. The van der Waals surface area contributed by atoms with Crippen LogP contribution in [0.4, 0.5) is 5.69 Å². The second kappa shape index (κ2) is 3.95. The predicted octanol–water partition coefficient (Wildman–Crippen LogP) is 3.70. The van der Waals surface area contributed by atoms with Crippen LogP contribution in [-0.4, -0.2) is 11.8 Å². The van der Waals surface area contributed by atoms with E-state index < -0.39 is 0 Å². The lowest BCUT2D eigenvalue weighted by Gasteiger charge is -2.22. The minimum Gasteiger partial charge on any atom is -0.274 e. The highest BCUT2D eigenvalue weighted by Gasteiger charge is 2.73. The molecule has 4 atom stereocenters. The van der Waals surface area contributed by atoms with Crippen molar-refractivity contribution in [2.75, 3.05) is 4.90 Å². The fourth-order valence-corrected chi connectivity index (χ4v) is 5.47. The van der Waals surface area contributed by atoms with E-state index in [-0.39, 0.29) is 40.9 Å². The molecule has 0 unspecified atom stereocenters. The number of fused-ring (bicyclic) bond motifs is 3. The maximum Gasteiger partial charge on any atom is 0.238 e. The van der Waals surface area contributed by atoms with Crippen LogP contribution >= 0.6 is 23.2 Å². The van der Waals surface area contributed by atoms with E-state index in [0.29, 0.717) is 15.7 Å². The van der Waals surface area contributed by atoms with E-state index in [1.807, 2.05) is 0 Å². The molecule has 0 N–H and O–H groups in total. The van der Waals surface area contributed by atoms with Crippen LogP contribution in [0.5, 0.6) is 0 Å². The summed E-state index contributed by atoms with van der Waals surface area (Å²) in [6.07, 6.45) is 6.61. The number of carbonyl (C=O) groups is 2. The maximum absolute atomic E-state index is 12.9. The molecule has 1 heterocycles. The van der Waals surface area contributed by atoms with Crippen molar-refractivity contribution in [2.24, 2.45) is 29.1 Å². The molecule has 5 heteroatoms. The van der Waals surface area contributed by atoms with Gasteiger partial charge in [0, 0.05) is 5.02 Å². The first-order valence-electron chi connectivity index (χ1n) is 7.56. The highest BCUT2D eigenvalue weighted by molar-refractivity contribution is 6.38. The first kappa shape index (κ1) is 13.1. The Morgan fingerprint density at radius 2 is 1.59 bits per heavy atom. The average Bonchev–Trinajstić information content (AvgIpc) is 3.07. The van der Waals surface area contributed by atoms with E-state index in [2.05, 4.69) is 12.2 Å². The van der Waals surface area contributed by atoms with Crippen molar-refractivity contribution >= 4 is 40.7 Å². The monoisotopic (exact) mass is 333 g/mol. The van der Waals surface area contributed by atoms with Gasteiger partial charge in [-0.05, 0) is 48.3 Å². The average molecular weight is 334 g/mol. The molecule has 3 nitrogen and oxygen atoms in total. The van der Waals surface area contributed by atoms with Gasteiger partial charge in [-0.3, -0.25) is 9.59 Å². The molecule has 5 rings (SSSR count). The van der Waals surface area contributed by atoms with Crippen molar-refractivity contribution in [1.82, 2.24) is 0 Å². The molecule has 4 aliphatic rings. The first-order chi connectivity index (χ1) is 10.5. The van der Waals surface area contributed by atoms with Gasteiger partial charge in [-0.25, -0.2) is 4.90 Å². The largest absolute Gasteiger partial charge is 0.274 e. The SMILES string of the molecule is O=C1[C@@H]2[C@H](C(=O)N1c1ccc(Cl)cc1Cl)[C@@H]1C=C[C@H]2C12CC2. The fraction of sp³-hybridized carbons (Fsp3) is 0.412. The summed E-state index contributed by atoms with van der Waals surface area (Å²) in [4.78, 5) is 27.1. The molecule has 1 aromatic carbocycles. The zero-order valence-corrected chi connectivity index (χ0v) is 13.1. The van der Waals surface area contributed by atoms with Gasteiger partial charge in [-0.15, -0.1) is 0 Å². The normalized spacial score (nSPS) is 36.5. The van der Waals surface area contributed by atoms with E-state index in [4.69, 9.17) is 23.2 Å². The van der Waals surface area contributed by atoms with Crippen LogP contribution in [0.3, 0.4) is 0 Å². The number of rotatable bonds is 1. The Bertz CT molecular complexity index is 734. The zero-order chi connectivity index (χ0) is 15.2. The molecule has 0 radical (unpaired) electrons. The third-order valence-corrected chi connectivity index (χ3v) is 6.54. The van der Waals surface area contributed by atoms with E-state index in [9.17, 15) is 9.59 Å². The fourth-order valence-electron chi connectivity index (χ4n) is 4.98. The molecule has 1 aromatic rings. The number of allylic oxidation sites excluding steroid dienone is 2. The topological polar surface area (TPSA) is 37.4 Å². The van der Waals surface area contributed by atoms with E-state index in [1.54, 1.807) is 18.2 Å². The number of anilines is 1. The van der Waals surface area contributed by atoms with Gasteiger partial charge >= 0.3 is 0 Å². The molecule has 2 bridgehead atoms. The van der Waals surface area contributed by atoms with Gasteiger partial charge in [-0.1, -0.05) is 35.4 Å².